The number of thiol groups is 1. The van der Waals surface area contributed by atoms with Crippen molar-refractivity contribution < 1.29 is 9.47 Å². The van der Waals surface area contributed by atoms with E-state index in [1.165, 1.54) is 11.1 Å². The van der Waals surface area contributed by atoms with Crippen LogP contribution in [0.15, 0.2) is 18.2 Å². The molecule has 0 saturated carbocycles. The molecular formula is C11H14O2S. The molecule has 1 aliphatic heterocycles. The Hall–Kier alpha value is -0.670. The molecule has 14 heavy (non-hydrogen) atoms. The number of hydrogen-bond donors (Lipinski definition) is 1. The second kappa shape index (κ2) is 4.24. The Morgan fingerprint density at radius 2 is 2.29 bits per heavy atom. The third-order valence-corrected chi connectivity index (χ3v) is 2.36. The summed E-state index contributed by atoms with van der Waals surface area (Å²) in [5.41, 5.74) is 2.55. The van der Waals surface area contributed by atoms with Crippen molar-refractivity contribution >= 4 is 12.6 Å². The van der Waals surface area contributed by atoms with E-state index in [9.17, 15) is 0 Å². The summed E-state index contributed by atoms with van der Waals surface area (Å²) in [6.45, 7) is 3.45. The van der Waals surface area contributed by atoms with E-state index in [4.69, 9.17) is 9.47 Å². The Morgan fingerprint density at radius 1 is 1.43 bits per heavy atom. The minimum atomic E-state index is -0.0621. The first kappa shape index (κ1) is 9.87. The van der Waals surface area contributed by atoms with Crippen LogP contribution in [-0.2, 0) is 17.8 Å². The Bertz CT molecular complexity index is 323. The van der Waals surface area contributed by atoms with Crippen LogP contribution in [0.2, 0.25) is 0 Å². The lowest BCUT2D eigenvalue weighted by Crippen LogP contribution is -2.10. The average molecular weight is 210 g/mol. The van der Waals surface area contributed by atoms with Crippen LogP contribution in [0.5, 0.6) is 5.75 Å². The second-order valence-electron chi connectivity index (χ2n) is 3.45. The van der Waals surface area contributed by atoms with Crippen LogP contribution in [0.25, 0.3) is 0 Å². The van der Waals surface area contributed by atoms with Crippen molar-refractivity contribution in [2.45, 2.75) is 25.4 Å². The zero-order chi connectivity index (χ0) is 9.97. The molecule has 0 aliphatic carbocycles. The Morgan fingerprint density at radius 3 is 3.07 bits per heavy atom. The highest BCUT2D eigenvalue weighted by Crippen LogP contribution is 2.23. The van der Waals surface area contributed by atoms with Crippen LogP contribution < -0.4 is 4.74 Å². The third-order valence-electron chi connectivity index (χ3n) is 2.26. The van der Waals surface area contributed by atoms with Gasteiger partial charge in [0.1, 0.15) is 11.2 Å². The summed E-state index contributed by atoms with van der Waals surface area (Å²) < 4.78 is 10.9. The molecule has 1 unspecified atom stereocenters. The Labute approximate surface area is 89.6 Å². The second-order valence-corrected chi connectivity index (χ2v) is 4.18. The fourth-order valence-electron chi connectivity index (χ4n) is 1.61. The van der Waals surface area contributed by atoms with Gasteiger partial charge < -0.3 is 9.47 Å². The predicted molar refractivity (Wildman–Crippen MR) is 58.9 cm³/mol. The smallest absolute Gasteiger partial charge is 0.138 e. The van der Waals surface area contributed by atoms with Gasteiger partial charge >= 0.3 is 0 Å². The molecule has 0 fully saturated rings. The first-order valence-electron chi connectivity index (χ1n) is 4.80. The van der Waals surface area contributed by atoms with Gasteiger partial charge in [0.15, 0.2) is 0 Å². The molecule has 2 nitrogen and oxygen atoms in total. The fraction of sp³-hybridized carbons (Fsp3) is 0.455. The van der Waals surface area contributed by atoms with E-state index in [-0.39, 0.29) is 5.44 Å². The molecule has 0 aromatic heterocycles. The standard InChI is InChI=1S/C11H14O2S/c1-8(14)13-11-3-2-10-7-12-5-4-9(10)6-11/h2-3,6,8,14H,4-5,7H2,1H3. The minimum absolute atomic E-state index is 0.0621. The van der Waals surface area contributed by atoms with E-state index in [0.29, 0.717) is 0 Å². The van der Waals surface area contributed by atoms with Crippen molar-refractivity contribution in [3.05, 3.63) is 29.3 Å². The van der Waals surface area contributed by atoms with Crippen LogP contribution in [-0.4, -0.2) is 12.0 Å². The molecule has 0 amide bonds. The van der Waals surface area contributed by atoms with E-state index in [1.54, 1.807) is 0 Å². The van der Waals surface area contributed by atoms with E-state index >= 15 is 0 Å². The lowest BCUT2D eigenvalue weighted by molar-refractivity contribution is 0.110. The van der Waals surface area contributed by atoms with E-state index < -0.39 is 0 Å². The summed E-state index contributed by atoms with van der Waals surface area (Å²) in [7, 11) is 0. The van der Waals surface area contributed by atoms with Gasteiger partial charge in [-0.05, 0) is 36.6 Å². The highest BCUT2D eigenvalue weighted by Gasteiger charge is 2.10. The molecule has 0 radical (unpaired) electrons. The van der Waals surface area contributed by atoms with Gasteiger partial charge in [0.25, 0.3) is 0 Å². The van der Waals surface area contributed by atoms with Crippen LogP contribution in [0, 0.1) is 0 Å². The maximum Gasteiger partial charge on any atom is 0.138 e. The molecule has 1 heterocycles. The molecule has 0 N–H and O–H groups in total. The molecule has 0 saturated heterocycles. The van der Waals surface area contributed by atoms with Gasteiger partial charge in [-0.1, -0.05) is 6.07 Å². The summed E-state index contributed by atoms with van der Waals surface area (Å²) in [6.07, 6.45) is 0.980. The monoisotopic (exact) mass is 210 g/mol. The maximum atomic E-state index is 5.50. The number of hydrogen-bond acceptors (Lipinski definition) is 3. The van der Waals surface area contributed by atoms with Crippen LogP contribution in [0.4, 0.5) is 0 Å². The molecule has 1 atom stereocenters. The maximum absolute atomic E-state index is 5.50. The third kappa shape index (κ3) is 2.22. The molecule has 76 valence electrons. The lowest BCUT2D eigenvalue weighted by atomic mass is 10.0. The molecule has 2 rings (SSSR count). The van der Waals surface area contributed by atoms with E-state index in [1.807, 2.05) is 13.0 Å². The van der Waals surface area contributed by atoms with Crippen molar-refractivity contribution in [3.63, 3.8) is 0 Å². The number of fused-ring (bicyclic) bond motifs is 1. The van der Waals surface area contributed by atoms with Crippen molar-refractivity contribution in [1.82, 2.24) is 0 Å². The van der Waals surface area contributed by atoms with Crippen molar-refractivity contribution in [1.29, 1.82) is 0 Å². The summed E-state index contributed by atoms with van der Waals surface area (Å²) >= 11 is 4.19. The molecular weight excluding hydrogens is 196 g/mol. The molecule has 3 heteroatoms. The van der Waals surface area contributed by atoms with E-state index in [2.05, 4.69) is 24.8 Å². The lowest BCUT2D eigenvalue weighted by Gasteiger charge is -2.18. The van der Waals surface area contributed by atoms with Gasteiger partial charge in [-0.2, -0.15) is 0 Å². The van der Waals surface area contributed by atoms with Crippen LogP contribution in [0.1, 0.15) is 18.1 Å². The normalized spacial score (nSPS) is 17.3. The molecule has 0 bridgehead atoms. The highest BCUT2D eigenvalue weighted by molar-refractivity contribution is 7.80. The van der Waals surface area contributed by atoms with E-state index in [0.717, 1.165) is 25.4 Å². The summed E-state index contributed by atoms with van der Waals surface area (Å²) in [4.78, 5) is 0. The van der Waals surface area contributed by atoms with Crippen molar-refractivity contribution in [2.75, 3.05) is 6.61 Å². The zero-order valence-corrected chi connectivity index (χ0v) is 9.09. The predicted octanol–water partition coefficient (Wildman–Crippen LogP) is 2.41. The van der Waals surface area contributed by atoms with Gasteiger partial charge in [0.2, 0.25) is 0 Å². The largest absolute Gasteiger partial charge is 0.480 e. The van der Waals surface area contributed by atoms with Crippen LogP contribution in [0.3, 0.4) is 0 Å². The average Bonchev–Trinajstić information content (AvgIpc) is 2.17. The molecule has 1 aliphatic rings. The van der Waals surface area contributed by atoms with Gasteiger partial charge in [0.05, 0.1) is 13.2 Å². The van der Waals surface area contributed by atoms with Gasteiger partial charge in [-0.15, -0.1) is 12.6 Å². The molecule has 1 aromatic carbocycles. The topological polar surface area (TPSA) is 18.5 Å². The molecule has 1 aromatic rings. The van der Waals surface area contributed by atoms with Crippen molar-refractivity contribution in [3.8, 4) is 5.75 Å². The fourth-order valence-corrected chi connectivity index (χ4v) is 1.73. The highest BCUT2D eigenvalue weighted by atomic mass is 32.1. The Kier molecular flexibility index (Phi) is 2.99. The van der Waals surface area contributed by atoms with Crippen LogP contribution >= 0.6 is 12.6 Å². The number of ether oxygens (including phenoxy) is 2. The SMILES string of the molecule is CC(S)Oc1ccc2c(c1)CCOC2. The Balaban J connectivity index is 2.20. The summed E-state index contributed by atoms with van der Waals surface area (Å²) in [5, 5.41) is 0. The molecule has 0 spiro atoms. The first-order valence-corrected chi connectivity index (χ1v) is 5.31. The van der Waals surface area contributed by atoms with Crippen molar-refractivity contribution in [2.24, 2.45) is 0 Å². The van der Waals surface area contributed by atoms with Gasteiger partial charge in [-0.25, -0.2) is 0 Å². The van der Waals surface area contributed by atoms with Gasteiger partial charge in [-0.3, -0.25) is 0 Å². The quantitative estimate of drug-likeness (QED) is 0.597. The zero-order valence-electron chi connectivity index (χ0n) is 8.19. The first-order chi connectivity index (χ1) is 6.75. The number of rotatable bonds is 2. The summed E-state index contributed by atoms with van der Waals surface area (Å²) in [5.74, 6) is 0.896. The van der Waals surface area contributed by atoms with Gasteiger partial charge in [0, 0.05) is 0 Å². The number of benzene rings is 1. The minimum Gasteiger partial charge on any atom is -0.480 e. The summed E-state index contributed by atoms with van der Waals surface area (Å²) in [6, 6.07) is 6.13.